The van der Waals surface area contributed by atoms with Gasteiger partial charge in [0.1, 0.15) is 11.6 Å². The molecule has 68 valence electrons. The molecule has 0 aromatic carbocycles. The molecule has 0 aromatic heterocycles. The fourth-order valence-corrected chi connectivity index (χ4v) is 0.844. The summed E-state index contributed by atoms with van der Waals surface area (Å²) in [4.78, 5) is 21.8. The van der Waals surface area contributed by atoms with Gasteiger partial charge >= 0.3 is 0 Å². The maximum Gasteiger partial charge on any atom is 0.140 e. The van der Waals surface area contributed by atoms with Crippen molar-refractivity contribution in [1.82, 2.24) is 0 Å². The molecule has 0 bridgehead atoms. The van der Waals surface area contributed by atoms with Crippen LogP contribution in [0.4, 0.5) is 0 Å². The first kappa shape index (κ1) is 11.1. The van der Waals surface area contributed by atoms with E-state index in [0.717, 1.165) is 6.42 Å². The molecule has 0 fully saturated rings. The number of ketones is 2. The molecule has 0 aliphatic carbocycles. The Morgan fingerprint density at radius 2 is 1.92 bits per heavy atom. The normalized spacial score (nSPS) is 10.5. The molecule has 0 radical (unpaired) electrons. The summed E-state index contributed by atoms with van der Waals surface area (Å²) >= 11 is 0. The van der Waals surface area contributed by atoms with Crippen LogP contribution in [0.15, 0.2) is 12.2 Å². The molecule has 2 heteroatoms. The zero-order chi connectivity index (χ0) is 9.40. The van der Waals surface area contributed by atoms with Crippen molar-refractivity contribution in [2.24, 2.45) is 0 Å². The number of carbonyl (C=O) groups excluding carboxylic acids is 2. The molecule has 0 spiro atoms. The molecule has 0 aliphatic rings. The maximum atomic E-state index is 11.0. The molecule has 0 saturated carbocycles. The van der Waals surface area contributed by atoms with Gasteiger partial charge in [-0.05, 0) is 13.3 Å². The average Bonchev–Trinajstić information content (AvgIpc) is 2.05. The van der Waals surface area contributed by atoms with Gasteiger partial charge in [-0.1, -0.05) is 19.1 Å². The highest BCUT2D eigenvalue weighted by Gasteiger charge is 2.05. The lowest BCUT2D eigenvalue weighted by Gasteiger charge is -1.95. The van der Waals surface area contributed by atoms with Crippen LogP contribution >= 0.6 is 0 Å². The summed E-state index contributed by atoms with van der Waals surface area (Å²) in [5.74, 6) is 0.0976. The first-order chi connectivity index (χ1) is 5.70. The third kappa shape index (κ3) is 5.83. The summed E-state index contributed by atoms with van der Waals surface area (Å²) in [6.45, 7) is 3.70. The standard InChI is InChI=1S/C10H16O2/c1-3-5-6-7-10(12)8-9(11)4-2/h3,5H,4,6-8H2,1-2H3. The maximum absolute atomic E-state index is 11.0. The van der Waals surface area contributed by atoms with Gasteiger partial charge in [-0.15, -0.1) is 0 Å². The molecule has 12 heavy (non-hydrogen) atoms. The second kappa shape index (κ2) is 6.77. The number of Topliss-reactive ketones (excluding diaryl/α,β-unsaturated/α-hetero) is 2. The van der Waals surface area contributed by atoms with E-state index < -0.39 is 0 Å². The molecule has 0 aromatic rings. The van der Waals surface area contributed by atoms with Crippen LogP contribution in [0, 0.1) is 0 Å². The summed E-state index contributed by atoms with van der Waals surface area (Å²) < 4.78 is 0. The average molecular weight is 168 g/mol. The van der Waals surface area contributed by atoms with Gasteiger partial charge in [-0.3, -0.25) is 9.59 Å². The van der Waals surface area contributed by atoms with Crippen LogP contribution < -0.4 is 0 Å². The molecule has 0 heterocycles. The Bertz CT molecular complexity index is 180. The third-order valence-electron chi connectivity index (χ3n) is 1.61. The summed E-state index contributed by atoms with van der Waals surface area (Å²) in [6.07, 6.45) is 5.69. The summed E-state index contributed by atoms with van der Waals surface area (Å²) in [5.41, 5.74) is 0. The molecule has 0 aliphatic heterocycles. The van der Waals surface area contributed by atoms with Gasteiger partial charge in [-0.2, -0.15) is 0 Å². The largest absolute Gasteiger partial charge is 0.299 e. The van der Waals surface area contributed by atoms with Crippen molar-refractivity contribution in [3.63, 3.8) is 0 Å². The summed E-state index contributed by atoms with van der Waals surface area (Å²) in [5, 5.41) is 0. The Balaban J connectivity index is 3.53. The molecule has 0 N–H and O–H groups in total. The Labute approximate surface area is 73.7 Å². The van der Waals surface area contributed by atoms with E-state index in [2.05, 4.69) is 0 Å². The van der Waals surface area contributed by atoms with Crippen molar-refractivity contribution in [3.8, 4) is 0 Å². The first-order valence-electron chi connectivity index (χ1n) is 4.35. The van der Waals surface area contributed by atoms with E-state index in [1.165, 1.54) is 0 Å². The lowest BCUT2D eigenvalue weighted by Crippen LogP contribution is -2.05. The Morgan fingerprint density at radius 1 is 1.25 bits per heavy atom. The van der Waals surface area contributed by atoms with E-state index in [-0.39, 0.29) is 18.0 Å². The number of rotatable bonds is 6. The highest BCUT2D eigenvalue weighted by Crippen LogP contribution is 1.98. The van der Waals surface area contributed by atoms with Crippen LogP contribution in [0.3, 0.4) is 0 Å². The van der Waals surface area contributed by atoms with Crippen LogP contribution in [0.2, 0.25) is 0 Å². The smallest absolute Gasteiger partial charge is 0.140 e. The third-order valence-corrected chi connectivity index (χ3v) is 1.61. The van der Waals surface area contributed by atoms with Gasteiger partial charge in [0.25, 0.3) is 0 Å². The predicted molar refractivity (Wildman–Crippen MR) is 49.0 cm³/mol. The second-order valence-electron chi connectivity index (χ2n) is 2.72. The van der Waals surface area contributed by atoms with Crippen molar-refractivity contribution < 1.29 is 9.59 Å². The van der Waals surface area contributed by atoms with Crippen molar-refractivity contribution >= 4 is 11.6 Å². The first-order valence-corrected chi connectivity index (χ1v) is 4.35. The van der Waals surface area contributed by atoms with Gasteiger partial charge in [-0.25, -0.2) is 0 Å². The molecule has 0 unspecified atom stereocenters. The number of carbonyl (C=O) groups is 2. The lowest BCUT2D eigenvalue weighted by molar-refractivity contribution is -0.126. The van der Waals surface area contributed by atoms with E-state index in [1.54, 1.807) is 6.92 Å². The zero-order valence-corrected chi connectivity index (χ0v) is 7.80. The minimum Gasteiger partial charge on any atom is -0.299 e. The second-order valence-corrected chi connectivity index (χ2v) is 2.72. The van der Waals surface area contributed by atoms with Crippen LogP contribution in [-0.2, 0) is 9.59 Å². The summed E-state index contributed by atoms with van der Waals surface area (Å²) in [6, 6.07) is 0. The van der Waals surface area contributed by atoms with E-state index in [4.69, 9.17) is 0 Å². The van der Waals surface area contributed by atoms with Gasteiger partial charge in [0.05, 0.1) is 6.42 Å². The molecule has 0 rings (SSSR count). The van der Waals surface area contributed by atoms with Crippen molar-refractivity contribution in [2.45, 2.75) is 39.5 Å². The van der Waals surface area contributed by atoms with Gasteiger partial charge < -0.3 is 0 Å². The van der Waals surface area contributed by atoms with Crippen molar-refractivity contribution in [1.29, 1.82) is 0 Å². The molecule has 0 amide bonds. The van der Waals surface area contributed by atoms with Crippen molar-refractivity contribution in [2.75, 3.05) is 0 Å². The minimum atomic E-state index is 0.0421. The van der Waals surface area contributed by atoms with Crippen LogP contribution in [0.5, 0.6) is 0 Å². The highest BCUT2D eigenvalue weighted by molar-refractivity contribution is 5.98. The van der Waals surface area contributed by atoms with Crippen LogP contribution in [0.1, 0.15) is 39.5 Å². The van der Waals surface area contributed by atoms with E-state index >= 15 is 0 Å². The minimum absolute atomic E-state index is 0.0421. The van der Waals surface area contributed by atoms with E-state index in [0.29, 0.717) is 12.8 Å². The Kier molecular flexibility index (Phi) is 6.25. The monoisotopic (exact) mass is 168 g/mol. The van der Waals surface area contributed by atoms with Gasteiger partial charge in [0.2, 0.25) is 0 Å². The molecular formula is C10H16O2. The predicted octanol–water partition coefficient (Wildman–Crippen LogP) is 2.28. The SMILES string of the molecule is CC=CCCC(=O)CC(=O)CC. The topological polar surface area (TPSA) is 34.1 Å². The van der Waals surface area contributed by atoms with E-state index in [1.807, 2.05) is 19.1 Å². The molecular weight excluding hydrogens is 152 g/mol. The number of hydrogen-bond acceptors (Lipinski definition) is 2. The summed E-state index contributed by atoms with van der Waals surface area (Å²) in [7, 11) is 0. The Hall–Kier alpha value is -0.920. The van der Waals surface area contributed by atoms with E-state index in [9.17, 15) is 9.59 Å². The van der Waals surface area contributed by atoms with Gasteiger partial charge in [0.15, 0.2) is 0 Å². The lowest BCUT2D eigenvalue weighted by atomic mass is 10.1. The fourth-order valence-electron chi connectivity index (χ4n) is 0.844. The Morgan fingerprint density at radius 3 is 2.42 bits per heavy atom. The number of allylic oxidation sites excluding steroid dienone is 2. The fraction of sp³-hybridized carbons (Fsp3) is 0.600. The van der Waals surface area contributed by atoms with Crippen LogP contribution in [0.25, 0.3) is 0 Å². The molecule has 0 atom stereocenters. The van der Waals surface area contributed by atoms with Crippen LogP contribution in [-0.4, -0.2) is 11.6 Å². The zero-order valence-electron chi connectivity index (χ0n) is 7.80. The molecule has 0 saturated heterocycles. The van der Waals surface area contributed by atoms with Crippen molar-refractivity contribution in [3.05, 3.63) is 12.2 Å². The quantitative estimate of drug-likeness (QED) is 0.450. The van der Waals surface area contributed by atoms with Gasteiger partial charge in [0, 0.05) is 12.8 Å². The highest BCUT2D eigenvalue weighted by atomic mass is 16.1. The number of hydrogen-bond donors (Lipinski definition) is 0. The molecule has 2 nitrogen and oxygen atoms in total.